The molecule has 1 heterocycles. The van der Waals surface area contributed by atoms with Gasteiger partial charge in [0.1, 0.15) is 0 Å². The average molecular weight is 456 g/mol. The maximum atomic E-state index is 13.1. The molecule has 0 bridgehead atoms. The zero-order chi connectivity index (χ0) is 24.1. The molecule has 34 heavy (non-hydrogen) atoms. The maximum Gasteiger partial charge on any atom is 0.338 e. The van der Waals surface area contributed by atoms with Gasteiger partial charge in [-0.15, -0.1) is 0 Å². The van der Waals surface area contributed by atoms with E-state index in [0.717, 1.165) is 29.8 Å². The van der Waals surface area contributed by atoms with Crippen molar-refractivity contribution in [3.8, 4) is 0 Å². The van der Waals surface area contributed by atoms with Crippen molar-refractivity contribution in [1.82, 2.24) is 4.90 Å². The highest BCUT2D eigenvalue weighted by molar-refractivity contribution is 6.37. The molecule has 1 aliphatic heterocycles. The van der Waals surface area contributed by atoms with Gasteiger partial charge in [-0.2, -0.15) is 0 Å². The summed E-state index contributed by atoms with van der Waals surface area (Å²) < 4.78 is 5.10. The van der Waals surface area contributed by atoms with E-state index in [9.17, 15) is 9.59 Å². The number of nitrogens with one attached hydrogen (secondary N) is 2. The van der Waals surface area contributed by atoms with Crippen LogP contribution < -0.4 is 10.6 Å². The van der Waals surface area contributed by atoms with Crippen molar-refractivity contribution < 1.29 is 14.3 Å². The van der Waals surface area contributed by atoms with Crippen LogP contribution in [0, 0.1) is 0 Å². The van der Waals surface area contributed by atoms with Crippen molar-refractivity contribution >= 4 is 34.5 Å². The first-order valence-electron chi connectivity index (χ1n) is 11.4. The van der Waals surface area contributed by atoms with Crippen LogP contribution in [0.5, 0.6) is 0 Å². The molecule has 4 rings (SSSR count). The van der Waals surface area contributed by atoms with Crippen LogP contribution >= 0.6 is 0 Å². The first kappa shape index (κ1) is 23.3. The summed E-state index contributed by atoms with van der Waals surface area (Å²) in [7, 11) is 4.13. The molecule has 1 amide bonds. The molecular formula is C28H29N3O3. The number of nitrogens with zero attached hydrogens (tertiary/aromatic N) is 1. The first-order valence-corrected chi connectivity index (χ1v) is 11.4. The van der Waals surface area contributed by atoms with Crippen LogP contribution in [0.1, 0.15) is 34.0 Å². The van der Waals surface area contributed by atoms with Gasteiger partial charge in [-0.05, 0) is 62.8 Å². The van der Waals surface area contributed by atoms with Gasteiger partial charge < -0.3 is 20.3 Å². The van der Waals surface area contributed by atoms with Gasteiger partial charge in [-0.3, -0.25) is 4.79 Å². The summed E-state index contributed by atoms with van der Waals surface area (Å²) in [4.78, 5) is 27.4. The minimum absolute atomic E-state index is 0.218. The van der Waals surface area contributed by atoms with E-state index in [1.54, 1.807) is 25.1 Å². The molecule has 0 unspecified atom stereocenters. The maximum absolute atomic E-state index is 13.1. The van der Waals surface area contributed by atoms with E-state index < -0.39 is 5.97 Å². The Labute approximate surface area is 200 Å². The van der Waals surface area contributed by atoms with Gasteiger partial charge in [0.15, 0.2) is 0 Å². The van der Waals surface area contributed by atoms with E-state index in [2.05, 4.69) is 41.8 Å². The average Bonchev–Trinajstić information content (AvgIpc) is 3.17. The Morgan fingerprint density at radius 3 is 2.38 bits per heavy atom. The van der Waals surface area contributed by atoms with Gasteiger partial charge in [0.05, 0.1) is 29.1 Å². The minimum atomic E-state index is -0.409. The number of hydrogen-bond donors (Lipinski definition) is 2. The second-order valence-corrected chi connectivity index (χ2v) is 8.43. The number of rotatable bonds is 8. The molecule has 2 N–H and O–H groups in total. The lowest BCUT2D eigenvalue weighted by Gasteiger charge is -2.15. The van der Waals surface area contributed by atoms with Crippen LogP contribution in [0.25, 0.3) is 11.3 Å². The van der Waals surface area contributed by atoms with Crippen LogP contribution in [0.3, 0.4) is 0 Å². The number of anilines is 2. The fraction of sp³-hybridized carbons (Fsp3) is 0.214. The molecular weight excluding hydrogens is 426 g/mol. The number of carbonyl (C=O) groups excluding carboxylic acids is 2. The number of esters is 1. The van der Waals surface area contributed by atoms with E-state index >= 15 is 0 Å². The Bertz CT molecular complexity index is 1220. The van der Waals surface area contributed by atoms with Crippen molar-refractivity contribution in [3.05, 3.63) is 95.1 Å². The molecule has 1 aliphatic rings. The van der Waals surface area contributed by atoms with Crippen molar-refractivity contribution in [2.45, 2.75) is 13.3 Å². The molecule has 0 atom stereocenters. The summed E-state index contributed by atoms with van der Waals surface area (Å²) in [6, 6.07) is 23.2. The Balaban J connectivity index is 1.72. The molecule has 0 aromatic heterocycles. The van der Waals surface area contributed by atoms with E-state index in [-0.39, 0.29) is 5.91 Å². The third-order valence-electron chi connectivity index (χ3n) is 5.66. The molecule has 6 nitrogen and oxygen atoms in total. The molecule has 0 saturated carbocycles. The number of carbonyl (C=O) groups is 2. The van der Waals surface area contributed by atoms with Gasteiger partial charge in [0, 0.05) is 17.8 Å². The van der Waals surface area contributed by atoms with Crippen molar-refractivity contribution in [2.24, 2.45) is 0 Å². The number of fused-ring (bicyclic) bond motifs is 1. The normalized spacial score (nSPS) is 13.9. The lowest BCUT2D eigenvalue weighted by atomic mass is 9.99. The fourth-order valence-electron chi connectivity index (χ4n) is 3.90. The van der Waals surface area contributed by atoms with Crippen molar-refractivity contribution in [3.63, 3.8) is 0 Å². The van der Waals surface area contributed by atoms with Crippen LogP contribution in [-0.2, 0) is 16.0 Å². The van der Waals surface area contributed by atoms with Crippen molar-refractivity contribution in [2.75, 3.05) is 37.9 Å². The number of benzene rings is 3. The lowest BCUT2D eigenvalue weighted by Crippen LogP contribution is -2.15. The van der Waals surface area contributed by atoms with Crippen molar-refractivity contribution in [1.29, 1.82) is 0 Å². The highest BCUT2D eigenvalue weighted by Gasteiger charge is 2.29. The fourth-order valence-corrected chi connectivity index (χ4v) is 3.90. The summed E-state index contributed by atoms with van der Waals surface area (Å²) in [5, 5.41) is 6.38. The summed E-state index contributed by atoms with van der Waals surface area (Å²) in [6.45, 7) is 3.04. The highest BCUT2D eigenvalue weighted by atomic mass is 16.5. The van der Waals surface area contributed by atoms with E-state index in [1.807, 2.05) is 42.5 Å². The molecule has 174 valence electrons. The SMILES string of the molecule is CCOC(=O)c1ccc2c(c1)NC(=O)C2=C(Nc1ccc(CCN(C)C)cc1)c1ccccc1. The highest BCUT2D eigenvalue weighted by Crippen LogP contribution is 2.38. The second kappa shape index (κ2) is 10.4. The molecule has 0 saturated heterocycles. The lowest BCUT2D eigenvalue weighted by molar-refractivity contribution is -0.110. The number of likely N-dealkylation sites (N-methyl/N-ethyl adjacent to an activating group) is 1. The third-order valence-corrected chi connectivity index (χ3v) is 5.66. The minimum Gasteiger partial charge on any atom is -0.462 e. The first-order chi connectivity index (χ1) is 16.5. The zero-order valence-electron chi connectivity index (χ0n) is 19.7. The molecule has 6 heteroatoms. The van der Waals surface area contributed by atoms with Gasteiger partial charge in [0.2, 0.25) is 0 Å². The number of amides is 1. The summed E-state index contributed by atoms with van der Waals surface area (Å²) >= 11 is 0. The quantitative estimate of drug-likeness (QED) is 0.373. The Morgan fingerprint density at radius 1 is 0.971 bits per heavy atom. The van der Waals surface area contributed by atoms with Crippen LogP contribution in [0.15, 0.2) is 72.8 Å². The Hall–Kier alpha value is -3.90. The third kappa shape index (κ3) is 5.18. The molecule has 0 radical (unpaired) electrons. The molecule has 0 fully saturated rings. The van der Waals surface area contributed by atoms with Gasteiger partial charge in [0.25, 0.3) is 5.91 Å². The largest absolute Gasteiger partial charge is 0.462 e. The summed E-state index contributed by atoms with van der Waals surface area (Å²) in [6.07, 6.45) is 0.971. The molecule has 0 aliphatic carbocycles. The van der Waals surface area contributed by atoms with Gasteiger partial charge >= 0.3 is 5.97 Å². The second-order valence-electron chi connectivity index (χ2n) is 8.43. The predicted octanol–water partition coefficient (Wildman–Crippen LogP) is 4.90. The van der Waals surface area contributed by atoms with E-state index in [1.165, 1.54) is 5.56 Å². The van der Waals surface area contributed by atoms with E-state index in [0.29, 0.717) is 29.1 Å². The molecule has 0 spiro atoms. The van der Waals surface area contributed by atoms with Crippen LogP contribution in [0.4, 0.5) is 11.4 Å². The number of ether oxygens (including phenoxy) is 1. The summed E-state index contributed by atoms with van der Waals surface area (Å²) in [5.41, 5.74) is 6.03. The van der Waals surface area contributed by atoms with Crippen LogP contribution in [0.2, 0.25) is 0 Å². The topological polar surface area (TPSA) is 70.7 Å². The smallest absolute Gasteiger partial charge is 0.338 e. The summed E-state index contributed by atoms with van der Waals surface area (Å²) in [5.74, 6) is -0.627. The van der Waals surface area contributed by atoms with Gasteiger partial charge in [-0.25, -0.2) is 4.79 Å². The number of hydrogen-bond acceptors (Lipinski definition) is 5. The standard InChI is InChI=1S/C28H29N3O3/c1-4-34-28(33)21-12-15-23-24(18-21)30-27(32)25(23)26(20-8-6-5-7-9-20)29-22-13-10-19(11-14-22)16-17-31(2)3/h5-15,18,29H,4,16-17H2,1-3H3,(H,30,32). The predicted molar refractivity (Wildman–Crippen MR) is 137 cm³/mol. The molecule has 3 aromatic carbocycles. The molecule has 3 aromatic rings. The monoisotopic (exact) mass is 455 g/mol. The zero-order valence-corrected chi connectivity index (χ0v) is 19.7. The Morgan fingerprint density at radius 2 is 1.71 bits per heavy atom. The van der Waals surface area contributed by atoms with E-state index in [4.69, 9.17) is 4.74 Å². The Kier molecular flexibility index (Phi) is 7.09. The van der Waals surface area contributed by atoms with Crippen LogP contribution in [-0.4, -0.2) is 44.0 Å². The van der Waals surface area contributed by atoms with Gasteiger partial charge in [-0.1, -0.05) is 48.5 Å².